The molecule has 10 heteroatoms. The van der Waals surface area contributed by atoms with Gasteiger partial charge >= 0.3 is 0 Å². The summed E-state index contributed by atoms with van der Waals surface area (Å²) in [6, 6.07) is 17.3. The summed E-state index contributed by atoms with van der Waals surface area (Å²) in [5.74, 6) is 1.83. The van der Waals surface area contributed by atoms with Crippen LogP contribution < -0.4 is 10.3 Å². The Morgan fingerprint density at radius 3 is 2.68 bits per heavy atom. The number of halogens is 1. The van der Waals surface area contributed by atoms with Crippen molar-refractivity contribution in [2.75, 3.05) is 6.61 Å². The molecule has 5 aromatic rings. The molecular formula is C28H29FN6O3. The number of nitrogens with zero attached hydrogens (tertiary/aromatic N) is 5. The second kappa shape index (κ2) is 11.4. The SMILES string of the molecule is CCOc1ccc2[nH]c(=O)c(CN(Cc3ccc(F)cc3)[C@H](CC)c3nnnn3Cc3ccco3)cc2c1. The van der Waals surface area contributed by atoms with Crippen LogP contribution in [0, 0.1) is 5.82 Å². The zero-order valence-electron chi connectivity index (χ0n) is 21.3. The minimum Gasteiger partial charge on any atom is -0.494 e. The highest BCUT2D eigenvalue weighted by molar-refractivity contribution is 5.80. The summed E-state index contributed by atoms with van der Waals surface area (Å²) in [6.45, 7) is 5.70. The number of furan rings is 1. The number of benzene rings is 2. The number of ether oxygens (including phenoxy) is 1. The minimum absolute atomic E-state index is 0.171. The first-order valence-corrected chi connectivity index (χ1v) is 12.6. The second-order valence-corrected chi connectivity index (χ2v) is 9.04. The predicted molar refractivity (Wildman–Crippen MR) is 140 cm³/mol. The van der Waals surface area contributed by atoms with Crippen molar-refractivity contribution in [2.24, 2.45) is 0 Å². The lowest BCUT2D eigenvalue weighted by Gasteiger charge is -2.30. The van der Waals surface area contributed by atoms with Crippen molar-refractivity contribution in [2.45, 2.75) is 45.9 Å². The van der Waals surface area contributed by atoms with Gasteiger partial charge in [0.2, 0.25) is 0 Å². The number of fused-ring (bicyclic) bond motifs is 1. The number of hydrogen-bond donors (Lipinski definition) is 1. The first-order chi connectivity index (χ1) is 18.5. The van der Waals surface area contributed by atoms with Gasteiger partial charge < -0.3 is 14.1 Å². The van der Waals surface area contributed by atoms with Crippen molar-refractivity contribution in [3.63, 3.8) is 0 Å². The number of H-pyrrole nitrogens is 1. The summed E-state index contributed by atoms with van der Waals surface area (Å²) >= 11 is 0. The first-order valence-electron chi connectivity index (χ1n) is 12.6. The zero-order valence-corrected chi connectivity index (χ0v) is 21.3. The molecule has 0 aliphatic carbocycles. The van der Waals surface area contributed by atoms with Gasteiger partial charge in [-0.05, 0) is 77.9 Å². The number of rotatable bonds is 11. The third-order valence-electron chi connectivity index (χ3n) is 6.45. The van der Waals surface area contributed by atoms with E-state index in [1.54, 1.807) is 23.1 Å². The van der Waals surface area contributed by atoms with Gasteiger partial charge in [-0.3, -0.25) is 9.69 Å². The zero-order chi connectivity index (χ0) is 26.5. The molecule has 0 bridgehead atoms. The quantitative estimate of drug-likeness (QED) is 0.268. The van der Waals surface area contributed by atoms with Crippen LogP contribution in [0.3, 0.4) is 0 Å². The summed E-state index contributed by atoms with van der Waals surface area (Å²) < 4.78 is 26.5. The fourth-order valence-electron chi connectivity index (χ4n) is 4.64. The van der Waals surface area contributed by atoms with E-state index >= 15 is 0 Å². The highest BCUT2D eigenvalue weighted by Crippen LogP contribution is 2.27. The Bertz CT molecular complexity index is 1550. The van der Waals surface area contributed by atoms with Gasteiger partial charge in [0.25, 0.3) is 5.56 Å². The van der Waals surface area contributed by atoms with Crippen molar-refractivity contribution in [3.8, 4) is 5.75 Å². The summed E-state index contributed by atoms with van der Waals surface area (Å²) in [7, 11) is 0. The van der Waals surface area contributed by atoms with Gasteiger partial charge in [-0.1, -0.05) is 19.1 Å². The molecule has 0 saturated heterocycles. The van der Waals surface area contributed by atoms with Gasteiger partial charge in [-0.25, -0.2) is 9.07 Å². The van der Waals surface area contributed by atoms with Crippen LogP contribution in [-0.2, 0) is 19.6 Å². The highest BCUT2D eigenvalue weighted by Gasteiger charge is 2.26. The van der Waals surface area contributed by atoms with Crippen molar-refractivity contribution in [1.29, 1.82) is 0 Å². The molecule has 9 nitrogen and oxygen atoms in total. The molecule has 2 aromatic carbocycles. The Balaban J connectivity index is 1.52. The monoisotopic (exact) mass is 516 g/mol. The Labute approximate surface area is 218 Å². The van der Waals surface area contributed by atoms with Crippen LogP contribution >= 0.6 is 0 Å². The molecule has 1 N–H and O–H groups in total. The number of nitrogens with one attached hydrogen (secondary N) is 1. The van der Waals surface area contributed by atoms with Gasteiger partial charge in [0.15, 0.2) is 5.82 Å². The standard InChI is InChI=1S/C28H29FN6O3/c1-3-26(27-31-32-33-35(27)18-24-6-5-13-38-24)34(16-19-7-9-22(29)10-8-19)17-21-14-20-15-23(37-4-2)11-12-25(20)30-28(21)36/h5-15,26H,3-4,16-18H2,1-2H3,(H,30,36)/t26-/m1/s1. The minimum atomic E-state index is -0.300. The number of tetrazole rings is 1. The lowest BCUT2D eigenvalue weighted by Crippen LogP contribution is -2.32. The van der Waals surface area contributed by atoms with E-state index in [2.05, 4.69) is 25.4 Å². The molecule has 0 aliphatic heterocycles. The summed E-state index contributed by atoms with van der Waals surface area (Å²) in [6.07, 6.45) is 2.29. The summed E-state index contributed by atoms with van der Waals surface area (Å²) in [4.78, 5) is 18.3. The van der Waals surface area contributed by atoms with Crippen LogP contribution in [0.4, 0.5) is 4.39 Å². The summed E-state index contributed by atoms with van der Waals surface area (Å²) in [5, 5.41) is 13.3. The van der Waals surface area contributed by atoms with Crippen molar-refractivity contribution >= 4 is 10.9 Å². The van der Waals surface area contributed by atoms with Crippen molar-refractivity contribution in [3.05, 3.63) is 106 Å². The van der Waals surface area contributed by atoms with E-state index in [0.717, 1.165) is 28.0 Å². The third-order valence-corrected chi connectivity index (χ3v) is 6.45. The second-order valence-electron chi connectivity index (χ2n) is 9.04. The predicted octanol–water partition coefficient (Wildman–Crippen LogP) is 4.85. The van der Waals surface area contributed by atoms with Crippen LogP contribution in [0.25, 0.3) is 10.9 Å². The average molecular weight is 517 g/mol. The fourth-order valence-corrected chi connectivity index (χ4v) is 4.64. The van der Waals surface area contributed by atoms with E-state index in [1.165, 1.54) is 12.1 Å². The van der Waals surface area contributed by atoms with E-state index in [0.29, 0.717) is 44.0 Å². The maximum Gasteiger partial charge on any atom is 0.252 e. The van der Waals surface area contributed by atoms with Gasteiger partial charge in [0, 0.05) is 29.6 Å². The smallest absolute Gasteiger partial charge is 0.252 e. The summed E-state index contributed by atoms with van der Waals surface area (Å²) in [5.41, 5.74) is 2.07. The maximum atomic E-state index is 13.6. The fraction of sp³-hybridized carbons (Fsp3) is 0.286. The Morgan fingerprint density at radius 2 is 1.95 bits per heavy atom. The molecule has 0 aliphatic rings. The molecule has 0 saturated carbocycles. The molecule has 0 radical (unpaired) electrons. The highest BCUT2D eigenvalue weighted by atomic mass is 19.1. The largest absolute Gasteiger partial charge is 0.494 e. The molecule has 38 heavy (non-hydrogen) atoms. The Kier molecular flexibility index (Phi) is 7.60. The number of hydrogen-bond acceptors (Lipinski definition) is 7. The topological polar surface area (TPSA) is 102 Å². The van der Waals surface area contributed by atoms with Gasteiger partial charge in [0.1, 0.15) is 23.9 Å². The molecule has 5 rings (SSSR count). The van der Waals surface area contributed by atoms with E-state index in [9.17, 15) is 9.18 Å². The third kappa shape index (κ3) is 5.65. The number of pyridine rings is 1. The first kappa shape index (κ1) is 25.3. The van der Waals surface area contributed by atoms with Gasteiger partial charge in [0.05, 0.1) is 18.9 Å². The van der Waals surface area contributed by atoms with Gasteiger partial charge in [-0.2, -0.15) is 0 Å². The number of aromatic nitrogens is 5. The van der Waals surface area contributed by atoms with E-state index in [1.807, 2.05) is 50.2 Å². The lowest BCUT2D eigenvalue weighted by molar-refractivity contribution is 0.161. The van der Waals surface area contributed by atoms with E-state index in [4.69, 9.17) is 9.15 Å². The Morgan fingerprint density at radius 1 is 1.11 bits per heavy atom. The molecule has 3 aromatic heterocycles. The van der Waals surface area contributed by atoms with Crippen LogP contribution in [-0.4, -0.2) is 36.7 Å². The van der Waals surface area contributed by atoms with E-state index in [-0.39, 0.29) is 17.4 Å². The molecule has 0 amide bonds. The molecule has 196 valence electrons. The van der Waals surface area contributed by atoms with Crippen LogP contribution in [0.2, 0.25) is 0 Å². The molecule has 3 heterocycles. The molecule has 1 atom stereocenters. The van der Waals surface area contributed by atoms with Crippen molar-refractivity contribution in [1.82, 2.24) is 30.1 Å². The molecular weight excluding hydrogens is 487 g/mol. The molecule has 0 unspecified atom stereocenters. The average Bonchev–Trinajstić information content (AvgIpc) is 3.59. The van der Waals surface area contributed by atoms with Gasteiger partial charge in [-0.15, -0.1) is 5.10 Å². The maximum absolute atomic E-state index is 13.6. The lowest BCUT2D eigenvalue weighted by atomic mass is 10.1. The van der Waals surface area contributed by atoms with Crippen LogP contribution in [0.15, 0.2) is 76.1 Å². The molecule has 0 spiro atoms. The molecule has 0 fully saturated rings. The van der Waals surface area contributed by atoms with Crippen LogP contribution in [0.5, 0.6) is 5.75 Å². The normalized spacial score (nSPS) is 12.3. The van der Waals surface area contributed by atoms with Crippen LogP contribution in [0.1, 0.15) is 49.0 Å². The Hall–Kier alpha value is -4.31. The number of aromatic amines is 1. The van der Waals surface area contributed by atoms with E-state index < -0.39 is 0 Å². The van der Waals surface area contributed by atoms with Crippen molar-refractivity contribution < 1.29 is 13.5 Å².